The number of hydrogen-bond donors (Lipinski definition) is 3. The molecule has 1 aromatic carbocycles. The van der Waals surface area contributed by atoms with E-state index in [4.69, 9.17) is 5.11 Å². The van der Waals surface area contributed by atoms with Gasteiger partial charge in [-0.2, -0.15) is 0 Å². The summed E-state index contributed by atoms with van der Waals surface area (Å²) < 4.78 is 17.6. The monoisotopic (exact) mass is 348 g/mol. The van der Waals surface area contributed by atoms with Gasteiger partial charge in [0.1, 0.15) is 19.0 Å². The Morgan fingerprint density at radius 2 is 2.00 bits per heavy atom. The Morgan fingerprint density at radius 1 is 1.30 bits per heavy atom. The van der Waals surface area contributed by atoms with Crippen LogP contribution in [-0.2, 0) is 14.3 Å². The number of hydrogen-bond acceptors (Lipinski definition) is 4. The van der Waals surface area contributed by atoms with Crippen LogP contribution in [0.1, 0.15) is 0 Å². The third kappa shape index (κ3) is 5.76. The van der Waals surface area contributed by atoms with E-state index in [1.807, 2.05) is 5.32 Å². The number of ether oxygens (including phenoxy) is 1. The molecule has 0 aliphatic carbocycles. The van der Waals surface area contributed by atoms with E-state index in [0.29, 0.717) is 0 Å². The summed E-state index contributed by atoms with van der Waals surface area (Å²) in [5.74, 6) is -2.52. The normalized spacial score (nSPS) is 9.90. The van der Waals surface area contributed by atoms with Crippen LogP contribution in [0.15, 0.2) is 22.7 Å². The summed E-state index contributed by atoms with van der Waals surface area (Å²) >= 11 is 2.95. The number of carbonyl (C=O) groups is 3. The van der Waals surface area contributed by atoms with E-state index in [-0.39, 0.29) is 10.2 Å². The van der Waals surface area contributed by atoms with E-state index >= 15 is 0 Å². The lowest BCUT2D eigenvalue weighted by Crippen LogP contribution is -2.37. The molecular weight excluding hydrogens is 339 g/mol. The van der Waals surface area contributed by atoms with Crippen molar-refractivity contribution in [3.8, 4) is 0 Å². The minimum absolute atomic E-state index is 0.159. The zero-order chi connectivity index (χ0) is 15.1. The molecule has 0 fully saturated rings. The zero-order valence-corrected chi connectivity index (χ0v) is 11.6. The second-order valence-electron chi connectivity index (χ2n) is 3.52. The number of aliphatic carboxylic acids is 1. The first-order valence-electron chi connectivity index (χ1n) is 5.24. The van der Waals surface area contributed by atoms with Gasteiger partial charge in [-0.1, -0.05) is 0 Å². The van der Waals surface area contributed by atoms with Crippen LogP contribution in [-0.4, -0.2) is 36.2 Å². The van der Waals surface area contributed by atoms with E-state index in [0.717, 1.165) is 6.07 Å². The predicted octanol–water partition coefficient (Wildman–Crippen LogP) is 1.34. The second-order valence-corrected chi connectivity index (χ2v) is 4.37. The molecule has 0 radical (unpaired) electrons. The number of halogens is 2. The van der Waals surface area contributed by atoms with Crippen molar-refractivity contribution in [3.05, 3.63) is 28.5 Å². The molecule has 0 aromatic heterocycles. The molecule has 0 aliphatic rings. The Morgan fingerprint density at radius 3 is 2.60 bits per heavy atom. The first kappa shape index (κ1) is 16.1. The fourth-order valence-electron chi connectivity index (χ4n) is 1.13. The average Bonchev–Trinajstić information content (AvgIpc) is 2.33. The molecule has 0 unspecified atom stereocenters. The van der Waals surface area contributed by atoms with Gasteiger partial charge in [0.25, 0.3) is 5.91 Å². The van der Waals surface area contributed by atoms with Gasteiger partial charge in [-0.3, -0.25) is 10.1 Å². The van der Waals surface area contributed by atoms with Crippen molar-refractivity contribution in [1.82, 2.24) is 5.32 Å². The lowest BCUT2D eigenvalue weighted by Gasteiger charge is -2.07. The highest BCUT2D eigenvalue weighted by Crippen LogP contribution is 2.19. The smallest absolute Gasteiger partial charge is 0.329 e. The third-order valence-electron chi connectivity index (χ3n) is 1.89. The molecule has 9 heteroatoms. The molecule has 20 heavy (non-hydrogen) atoms. The van der Waals surface area contributed by atoms with Crippen molar-refractivity contribution in [1.29, 1.82) is 0 Å². The van der Waals surface area contributed by atoms with Crippen molar-refractivity contribution >= 4 is 39.5 Å². The number of urea groups is 1. The van der Waals surface area contributed by atoms with Gasteiger partial charge < -0.3 is 15.2 Å². The maximum Gasteiger partial charge on any atom is 0.329 e. The number of nitrogens with one attached hydrogen (secondary N) is 2. The maximum atomic E-state index is 13.0. The number of carboxylic acids is 1. The molecule has 0 heterocycles. The summed E-state index contributed by atoms with van der Waals surface area (Å²) in [6, 6.07) is 2.93. The van der Waals surface area contributed by atoms with Crippen LogP contribution in [0.2, 0.25) is 0 Å². The number of rotatable bonds is 5. The van der Waals surface area contributed by atoms with Crippen LogP contribution >= 0.6 is 15.9 Å². The van der Waals surface area contributed by atoms with Gasteiger partial charge in [0.2, 0.25) is 0 Å². The Balaban J connectivity index is 2.41. The van der Waals surface area contributed by atoms with Crippen LogP contribution in [0.3, 0.4) is 0 Å². The predicted molar refractivity (Wildman–Crippen MR) is 69.7 cm³/mol. The second kappa shape index (κ2) is 7.56. The molecular formula is C11H10BrFN2O5. The van der Waals surface area contributed by atoms with Gasteiger partial charge in [-0.25, -0.2) is 14.0 Å². The fourth-order valence-corrected chi connectivity index (χ4v) is 1.51. The first-order chi connectivity index (χ1) is 9.38. The number of carboxylic acid groups (broad SMARTS) is 1. The van der Waals surface area contributed by atoms with Crippen LogP contribution in [0.25, 0.3) is 0 Å². The summed E-state index contributed by atoms with van der Waals surface area (Å²) in [4.78, 5) is 32.7. The third-order valence-corrected chi connectivity index (χ3v) is 2.50. The van der Waals surface area contributed by atoms with Gasteiger partial charge in [0.05, 0.1) is 4.47 Å². The van der Waals surface area contributed by atoms with Crippen molar-refractivity contribution in [3.63, 3.8) is 0 Å². The zero-order valence-electron chi connectivity index (χ0n) is 9.98. The molecule has 7 nitrogen and oxygen atoms in total. The van der Waals surface area contributed by atoms with Crippen LogP contribution < -0.4 is 10.6 Å². The molecule has 1 rings (SSSR count). The molecule has 0 spiro atoms. The average molecular weight is 349 g/mol. The van der Waals surface area contributed by atoms with E-state index in [2.05, 4.69) is 26.0 Å². The largest absolute Gasteiger partial charge is 0.480 e. The fraction of sp³-hybridized carbons (Fsp3) is 0.182. The molecule has 0 saturated carbocycles. The van der Waals surface area contributed by atoms with Gasteiger partial charge in [-0.05, 0) is 34.1 Å². The number of anilines is 1. The van der Waals surface area contributed by atoms with Crippen LogP contribution in [0.4, 0.5) is 14.9 Å². The molecule has 3 N–H and O–H groups in total. The number of imide groups is 1. The van der Waals surface area contributed by atoms with Gasteiger partial charge >= 0.3 is 12.0 Å². The first-order valence-corrected chi connectivity index (χ1v) is 6.03. The summed E-state index contributed by atoms with van der Waals surface area (Å²) in [5, 5.41) is 12.5. The minimum atomic E-state index is -1.22. The van der Waals surface area contributed by atoms with Crippen molar-refractivity contribution in [2.45, 2.75) is 0 Å². The Hall–Kier alpha value is -2.00. The summed E-state index contributed by atoms with van der Waals surface area (Å²) in [5.41, 5.74) is 0.273. The van der Waals surface area contributed by atoms with Gasteiger partial charge in [-0.15, -0.1) is 0 Å². The van der Waals surface area contributed by atoms with Crippen LogP contribution in [0.5, 0.6) is 0 Å². The van der Waals surface area contributed by atoms with E-state index in [1.165, 1.54) is 12.1 Å². The van der Waals surface area contributed by atoms with Gasteiger partial charge in [0, 0.05) is 5.69 Å². The van der Waals surface area contributed by atoms with E-state index < -0.39 is 36.9 Å². The highest BCUT2D eigenvalue weighted by Gasteiger charge is 2.09. The van der Waals surface area contributed by atoms with Crippen molar-refractivity contribution in [2.24, 2.45) is 0 Å². The van der Waals surface area contributed by atoms with Crippen molar-refractivity contribution < 1.29 is 28.6 Å². The summed E-state index contributed by atoms with van der Waals surface area (Å²) in [7, 11) is 0. The lowest BCUT2D eigenvalue weighted by atomic mass is 10.3. The minimum Gasteiger partial charge on any atom is -0.480 e. The summed E-state index contributed by atoms with van der Waals surface area (Å²) in [6.07, 6.45) is 0. The Bertz CT molecular complexity index is 538. The van der Waals surface area contributed by atoms with Gasteiger partial charge in [0.15, 0.2) is 0 Å². The molecule has 108 valence electrons. The highest BCUT2D eigenvalue weighted by atomic mass is 79.9. The number of benzene rings is 1. The molecule has 0 bridgehead atoms. The topological polar surface area (TPSA) is 105 Å². The molecule has 1 aromatic rings. The molecule has 0 atom stereocenters. The lowest BCUT2D eigenvalue weighted by molar-refractivity contribution is -0.143. The highest BCUT2D eigenvalue weighted by molar-refractivity contribution is 9.10. The molecule has 0 saturated heterocycles. The Labute approximate surface area is 121 Å². The van der Waals surface area contributed by atoms with E-state index in [1.54, 1.807) is 0 Å². The van der Waals surface area contributed by atoms with E-state index in [9.17, 15) is 18.8 Å². The van der Waals surface area contributed by atoms with Crippen LogP contribution in [0, 0.1) is 5.82 Å². The summed E-state index contributed by atoms with van der Waals surface area (Å²) in [6.45, 7) is -1.20. The number of carbonyl (C=O) groups excluding carboxylic acids is 2. The molecule has 3 amide bonds. The SMILES string of the molecule is O=C(O)COCC(=O)NC(=O)Nc1ccc(F)c(Br)c1. The molecule has 0 aliphatic heterocycles. The standard InChI is InChI=1S/C11H10BrFN2O5/c12-7-3-6(1-2-8(7)13)14-11(19)15-9(16)4-20-5-10(17)18/h1-3H,4-5H2,(H,17,18)(H2,14,15,16,19). The van der Waals surface area contributed by atoms with Crippen molar-refractivity contribution in [2.75, 3.05) is 18.5 Å². The quantitative estimate of drug-likeness (QED) is 0.744. The maximum absolute atomic E-state index is 13.0. The number of amides is 3. The Kier molecular flexibility index (Phi) is 6.07.